The highest BCUT2D eigenvalue weighted by Gasteiger charge is 2.18. The Hall–Kier alpha value is -3.98. The molecular weight excluding hydrogens is 470 g/mol. The predicted octanol–water partition coefficient (Wildman–Crippen LogP) is 3.71. The summed E-state index contributed by atoms with van der Waals surface area (Å²) in [5.74, 6) is 0.603. The fraction of sp³-hybridized carbons (Fsp3) is 0.357. The second-order valence-electron chi connectivity index (χ2n) is 9.46. The van der Waals surface area contributed by atoms with E-state index in [1.807, 2.05) is 31.2 Å². The Morgan fingerprint density at radius 2 is 1.92 bits per heavy atom. The fourth-order valence-corrected chi connectivity index (χ4v) is 4.51. The molecule has 0 radical (unpaired) electrons. The van der Waals surface area contributed by atoms with E-state index in [4.69, 9.17) is 9.15 Å². The minimum atomic E-state index is -0.474. The monoisotopic (exact) mass is 501 g/mol. The van der Waals surface area contributed by atoms with Crippen LogP contribution in [0.1, 0.15) is 42.1 Å². The minimum absolute atomic E-state index is 0.175. The van der Waals surface area contributed by atoms with Gasteiger partial charge in [0.2, 0.25) is 0 Å². The molecule has 0 saturated carbocycles. The van der Waals surface area contributed by atoms with Gasteiger partial charge in [-0.25, -0.2) is 14.8 Å². The summed E-state index contributed by atoms with van der Waals surface area (Å²) in [6.45, 7) is 4.93. The van der Waals surface area contributed by atoms with E-state index in [0.717, 1.165) is 43.5 Å². The molecule has 0 atom stereocenters. The molecule has 1 amide bonds. The van der Waals surface area contributed by atoms with E-state index in [2.05, 4.69) is 27.2 Å². The van der Waals surface area contributed by atoms with Crippen LogP contribution < -0.4 is 15.8 Å². The number of ether oxygens (including phenoxy) is 1. The summed E-state index contributed by atoms with van der Waals surface area (Å²) in [5, 5.41) is 2.86. The largest absolute Gasteiger partial charge is 0.487 e. The van der Waals surface area contributed by atoms with E-state index in [1.54, 1.807) is 30.6 Å². The van der Waals surface area contributed by atoms with E-state index < -0.39 is 5.76 Å². The van der Waals surface area contributed by atoms with Crippen molar-refractivity contribution in [2.45, 2.75) is 38.8 Å². The summed E-state index contributed by atoms with van der Waals surface area (Å²) in [6.07, 6.45) is 6.45. The number of oxazole rings is 1. The predicted molar refractivity (Wildman–Crippen MR) is 141 cm³/mol. The lowest BCUT2D eigenvalue weighted by atomic mass is 10.1. The Morgan fingerprint density at radius 3 is 2.68 bits per heavy atom. The van der Waals surface area contributed by atoms with Gasteiger partial charge in [-0.3, -0.25) is 9.36 Å². The lowest BCUT2D eigenvalue weighted by molar-refractivity contribution is 0.0953. The van der Waals surface area contributed by atoms with Crippen molar-refractivity contribution < 1.29 is 13.9 Å². The zero-order valence-corrected chi connectivity index (χ0v) is 21.1. The lowest BCUT2D eigenvalue weighted by Gasteiger charge is -2.29. The maximum absolute atomic E-state index is 12.6. The molecule has 4 aromatic rings. The van der Waals surface area contributed by atoms with Crippen LogP contribution in [0.2, 0.25) is 0 Å². The normalized spacial score (nSPS) is 14.6. The molecule has 37 heavy (non-hydrogen) atoms. The highest BCUT2D eigenvalue weighted by atomic mass is 16.5. The number of nitrogens with one attached hydrogen (secondary N) is 1. The minimum Gasteiger partial charge on any atom is -0.487 e. The van der Waals surface area contributed by atoms with Crippen molar-refractivity contribution in [2.24, 2.45) is 0 Å². The maximum atomic E-state index is 12.6. The van der Waals surface area contributed by atoms with Crippen molar-refractivity contribution >= 4 is 17.0 Å². The Labute approximate surface area is 215 Å². The third-order valence-corrected chi connectivity index (χ3v) is 6.59. The third-order valence-electron chi connectivity index (χ3n) is 6.59. The zero-order chi connectivity index (χ0) is 25.8. The Bertz CT molecular complexity index is 1440. The number of fused-ring (bicyclic) bond motifs is 1. The number of rotatable bonds is 8. The zero-order valence-electron chi connectivity index (χ0n) is 21.1. The van der Waals surface area contributed by atoms with Gasteiger partial charge in [0, 0.05) is 30.8 Å². The van der Waals surface area contributed by atoms with Gasteiger partial charge in [-0.1, -0.05) is 25.1 Å². The van der Waals surface area contributed by atoms with E-state index in [1.165, 1.54) is 4.57 Å². The SMILES string of the molecule is CCCNC(=O)c1ccc2oc(=O)n(Cc3cccc(-c4ncc(OC5CCN(C)CC5)cn4)c3)c2c1. The average Bonchev–Trinajstić information content (AvgIpc) is 3.23. The number of likely N-dealkylation sites (tertiary alicyclic amines) is 1. The van der Waals surface area contributed by atoms with Crippen molar-refractivity contribution in [1.29, 1.82) is 0 Å². The van der Waals surface area contributed by atoms with Crippen molar-refractivity contribution in [3.8, 4) is 17.1 Å². The number of hydrogen-bond acceptors (Lipinski definition) is 7. The van der Waals surface area contributed by atoms with Crippen LogP contribution in [0.5, 0.6) is 5.75 Å². The van der Waals surface area contributed by atoms with Gasteiger partial charge in [-0.2, -0.15) is 0 Å². The van der Waals surface area contributed by atoms with Crippen molar-refractivity contribution in [3.05, 3.63) is 76.5 Å². The van der Waals surface area contributed by atoms with E-state index in [9.17, 15) is 9.59 Å². The highest BCUT2D eigenvalue weighted by Crippen LogP contribution is 2.22. The Kier molecular flexibility index (Phi) is 7.32. The average molecular weight is 502 g/mol. The van der Waals surface area contributed by atoms with Gasteiger partial charge < -0.3 is 19.4 Å². The standard InChI is InChI=1S/C28H31N5O4/c1-3-11-29-27(34)21-7-8-25-24(15-21)33(28(35)37-25)18-19-5-4-6-20(14-19)26-30-16-23(17-31-26)36-22-9-12-32(2)13-10-22/h4-8,14-17,22H,3,9-13,18H2,1-2H3,(H,29,34). The molecule has 192 valence electrons. The summed E-state index contributed by atoms with van der Waals surface area (Å²) >= 11 is 0. The number of hydrogen-bond donors (Lipinski definition) is 1. The number of amides is 1. The van der Waals surface area contributed by atoms with Crippen molar-refractivity contribution in [3.63, 3.8) is 0 Å². The number of nitrogens with zero attached hydrogens (tertiary/aromatic N) is 4. The summed E-state index contributed by atoms with van der Waals surface area (Å²) in [7, 11) is 2.12. The summed E-state index contributed by atoms with van der Waals surface area (Å²) in [5.41, 5.74) is 3.23. The first-order chi connectivity index (χ1) is 18.0. The highest BCUT2D eigenvalue weighted by molar-refractivity contribution is 5.97. The van der Waals surface area contributed by atoms with Crippen LogP contribution in [-0.2, 0) is 6.54 Å². The van der Waals surface area contributed by atoms with E-state index in [-0.39, 0.29) is 18.6 Å². The fourth-order valence-electron chi connectivity index (χ4n) is 4.51. The van der Waals surface area contributed by atoms with E-state index >= 15 is 0 Å². The molecule has 0 aliphatic carbocycles. The molecule has 1 saturated heterocycles. The van der Waals surface area contributed by atoms with Crippen LogP contribution in [0.15, 0.2) is 64.1 Å². The molecule has 0 unspecified atom stereocenters. The molecular formula is C28H31N5O4. The van der Waals surface area contributed by atoms with Gasteiger partial charge in [0.15, 0.2) is 17.2 Å². The maximum Gasteiger partial charge on any atom is 0.420 e. The van der Waals surface area contributed by atoms with Crippen molar-refractivity contribution in [2.75, 3.05) is 26.7 Å². The molecule has 9 nitrogen and oxygen atoms in total. The molecule has 3 heterocycles. The lowest BCUT2D eigenvalue weighted by Crippen LogP contribution is -2.35. The van der Waals surface area contributed by atoms with Crippen LogP contribution in [0.3, 0.4) is 0 Å². The van der Waals surface area contributed by atoms with E-state index in [0.29, 0.717) is 34.8 Å². The second-order valence-corrected chi connectivity index (χ2v) is 9.46. The van der Waals surface area contributed by atoms with Gasteiger partial charge in [-0.15, -0.1) is 0 Å². The van der Waals surface area contributed by atoms with Crippen LogP contribution in [-0.4, -0.2) is 58.1 Å². The van der Waals surface area contributed by atoms with Gasteiger partial charge >= 0.3 is 5.76 Å². The first-order valence-corrected chi connectivity index (χ1v) is 12.7. The van der Waals surface area contributed by atoms with Gasteiger partial charge in [0.25, 0.3) is 5.91 Å². The molecule has 1 fully saturated rings. The molecule has 1 aliphatic heterocycles. The molecule has 1 N–H and O–H groups in total. The number of aromatic nitrogens is 3. The quantitative estimate of drug-likeness (QED) is 0.393. The van der Waals surface area contributed by atoms with Crippen LogP contribution >= 0.6 is 0 Å². The molecule has 9 heteroatoms. The Balaban J connectivity index is 1.33. The molecule has 0 spiro atoms. The Morgan fingerprint density at radius 1 is 1.14 bits per heavy atom. The topological polar surface area (TPSA) is 102 Å². The van der Waals surface area contributed by atoms with Crippen LogP contribution in [0.25, 0.3) is 22.5 Å². The van der Waals surface area contributed by atoms with Crippen LogP contribution in [0, 0.1) is 0 Å². The second kappa shape index (κ2) is 11.0. The summed E-state index contributed by atoms with van der Waals surface area (Å²) in [6, 6.07) is 12.8. The number of benzene rings is 2. The number of carbonyl (C=O) groups is 1. The van der Waals surface area contributed by atoms with Crippen LogP contribution in [0.4, 0.5) is 0 Å². The van der Waals surface area contributed by atoms with Crippen molar-refractivity contribution in [1.82, 2.24) is 24.8 Å². The summed E-state index contributed by atoms with van der Waals surface area (Å²) < 4.78 is 13.0. The van der Waals surface area contributed by atoms with Gasteiger partial charge in [0.05, 0.1) is 24.5 Å². The van der Waals surface area contributed by atoms with Gasteiger partial charge in [0.1, 0.15) is 6.10 Å². The molecule has 2 aromatic heterocycles. The number of piperidine rings is 1. The molecule has 2 aromatic carbocycles. The first-order valence-electron chi connectivity index (χ1n) is 12.7. The summed E-state index contributed by atoms with van der Waals surface area (Å²) in [4.78, 5) is 36.4. The first kappa shape index (κ1) is 24.7. The molecule has 5 rings (SSSR count). The van der Waals surface area contributed by atoms with Gasteiger partial charge in [-0.05, 0) is 56.1 Å². The molecule has 0 bridgehead atoms. The third kappa shape index (κ3) is 5.72. The molecule has 1 aliphatic rings. The number of carbonyl (C=O) groups excluding carboxylic acids is 1. The smallest absolute Gasteiger partial charge is 0.420 e.